The van der Waals surface area contributed by atoms with E-state index in [1.807, 2.05) is 14.0 Å². The molecular formula is C12H24N2O2. The van der Waals surface area contributed by atoms with Crippen LogP contribution in [-0.2, 0) is 9.53 Å². The molecule has 1 fully saturated rings. The Kier molecular flexibility index (Phi) is 6.42. The second-order valence-corrected chi connectivity index (χ2v) is 4.58. The zero-order valence-corrected chi connectivity index (χ0v) is 10.4. The Morgan fingerprint density at radius 2 is 2.06 bits per heavy atom. The third-order valence-electron chi connectivity index (χ3n) is 2.96. The average molecular weight is 228 g/mol. The van der Waals surface area contributed by atoms with E-state index in [9.17, 15) is 4.79 Å². The van der Waals surface area contributed by atoms with E-state index in [1.165, 1.54) is 19.3 Å². The first-order chi connectivity index (χ1) is 7.72. The van der Waals surface area contributed by atoms with E-state index in [2.05, 4.69) is 10.6 Å². The summed E-state index contributed by atoms with van der Waals surface area (Å²) in [6, 6.07) is 0.379. The van der Waals surface area contributed by atoms with Crippen molar-refractivity contribution in [1.82, 2.24) is 10.6 Å². The van der Waals surface area contributed by atoms with Gasteiger partial charge in [0, 0.05) is 12.6 Å². The molecule has 1 atom stereocenters. The number of nitrogens with one attached hydrogen (secondary N) is 2. The van der Waals surface area contributed by atoms with E-state index in [1.54, 1.807) is 0 Å². The van der Waals surface area contributed by atoms with Gasteiger partial charge in [0.1, 0.15) is 6.61 Å². The molecule has 0 radical (unpaired) electrons. The van der Waals surface area contributed by atoms with Crippen LogP contribution in [0.2, 0.25) is 0 Å². The monoisotopic (exact) mass is 228 g/mol. The van der Waals surface area contributed by atoms with Gasteiger partial charge in [-0.05, 0) is 26.8 Å². The first-order valence-corrected chi connectivity index (χ1v) is 6.28. The van der Waals surface area contributed by atoms with E-state index in [-0.39, 0.29) is 18.6 Å². The molecule has 1 aliphatic rings. The van der Waals surface area contributed by atoms with Crippen molar-refractivity contribution < 1.29 is 9.53 Å². The summed E-state index contributed by atoms with van der Waals surface area (Å²) in [5.41, 5.74) is 0. The van der Waals surface area contributed by atoms with Crippen molar-refractivity contribution in [3.05, 3.63) is 0 Å². The van der Waals surface area contributed by atoms with Crippen LogP contribution in [0.1, 0.15) is 39.0 Å². The number of carbonyl (C=O) groups is 1. The van der Waals surface area contributed by atoms with Gasteiger partial charge in [0.05, 0.1) is 6.10 Å². The molecule has 16 heavy (non-hydrogen) atoms. The average Bonchev–Trinajstić information content (AvgIpc) is 2.28. The fourth-order valence-corrected chi connectivity index (χ4v) is 2.08. The van der Waals surface area contributed by atoms with Gasteiger partial charge in [0.15, 0.2) is 0 Å². The molecule has 2 N–H and O–H groups in total. The highest BCUT2D eigenvalue weighted by Crippen LogP contribution is 2.17. The molecule has 0 aromatic rings. The van der Waals surface area contributed by atoms with E-state index < -0.39 is 0 Å². The second kappa shape index (κ2) is 7.63. The minimum Gasteiger partial charge on any atom is -0.367 e. The molecule has 4 nitrogen and oxygen atoms in total. The predicted molar refractivity (Wildman–Crippen MR) is 64.4 cm³/mol. The van der Waals surface area contributed by atoms with Crippen LogP contribution in [0.5, 0.6) is 0 Å². The Bertz CT molecular complexity index is 203. The standard InChI is InChI=1S/C12H24N2O2/c1-10(8-13-2)16-9-12(15)14-11-6-4-3-5-7-11/h10-11,13H,3-9H2,1-2H3,(H,14,15). The summed E-state index contributed by atoms with van der Waals surface area (Å²) in [4.78, 5) is 11.6. The second-order valence-electron chi connectivity index (χ2n) is 4.58. The lowest BCUT2D eigenvalue weighted by atomic mass is 9.95. The zero-order chi connectivity index (χ0) is 11.8. The molecular weight excluding hydrogens is 204 g/mol. The van der Waals surface area contributed by atoms with Crippen LogP contribution in [-0.4, -0.2) is 38.3 Å². The van der Waals surface area contributed by atoms with Crippen molar-refractivity contribution in [2.75, 3.05) is 20.2 Å². The van der Waals surface area contributed by atoms with E-state index in [0.717, 1.165) is 19.4 Å². The molecule has 0 aliphatic heterocycles. The highest BCUT2D eigenvalue weighted by molar-refractivity contribution is 5.77. The maximum absolute atomic E-state index is 11.6. The number of hydrogen-bond donors (Lipinski definition) is 2. The number of rotatable bonds is 6. The summed E-state index contributed by atoms with van der Waals surface area (Å²) in [5, 5.41) is 6.05. The summed E-state index contributed by atoms with van der Waals surface area (Å²) in [7, 11) is 1.88. The molecule has 0 saturated heterocycles. The van der Waals surface area contributed by atoms with Crippen LogP contribution in [0.15, 0.2) is 0 Å². The van der Waals surface area contributed by atoms with Gasteiger partial charge in [-0.1, -0.05) is 19.3 Å². The quantitative estimate of drug-likeness (QED) is 0.714. The maximum Gasteiger partial charge on any atom is 0.246 e. The van der Waals surface area contributed by atoms with Gasteiger partial charge in [-0.2, -0.15) is 0 Å². The van der Waals surface area contributed by atoms with E-state index >= 15 is 0 Å². The lowest BCUT2D eigenvalue weighted by Crippen LogP contribution is -2.39. The molecule has 0 heterocycles. The number of amides is 1. The van der Waals surface area contributed by atoms with Gasteiger partial charge in [0.2, 0.25) is 5.91 Å². The summed E-state index contributed by atoms with van der Waals surface area (Å²) < 4.78 is 5.41. The molecule has 4 heteroatoms. The van der Waals surface area contributed by atoms with E-state index in [0.29, 0.717) is 6.04 Å². The molecule has 1 aliphatic carbocycles. The Hall–Kier alpha value is -0.610. The topological polar surface area (TPSA) is 50.4 Å². The minimum absolute atomic E-state index is 0.0230. The van der Waals surface area contributed by atoms with Crippen molar-refractivity contribution in [2.24, 2.45) is 0 Å². The zero-order valence-electron chi connectivity index (χ0n) is 10.4. The number of ether oxygens (including phenoxy) is 1. The lowest BCUT2D eigenvalue weighted by molar-refractivity contribution is -0.128. The Morgan fingerprint density at radius 1 is 1.38 bits per heavy atom. The van der Waals surface area contributed by atoms with Gasteiger partial charge in [0.25, 0.3) is 0 Å². The molecule has 0 bridgehead atoms. The Labute approximate surface area is 98.1 Å². The molecule has 94 valence electrons. The number of hydrogen-bond acceptors (Lipinski definition) is 3. The molecule has 0 aromatic heterocycles. The minimum atomic E-state index is 0.0230. The van der Waals surface area contributed by atoms with Gasteiger partial charge in [-0.3, -0.25) is 4.79 Å². The normalized spacial score (nSPS) is 19.4. The predicted octanol–water partition coefficient (Wildman–Crippen LogP) is 1.06. The molecule has 0 spiro atoms. The van der Waals surface area contributed by atoms with Crippen molar-refractivity contribution in [3.8, 4) is 0 Å². The lowest BCUT2D eigenvalue weighted by Gasteiger charge is -2.23. The molecule has 1 rings (SSSR count). The highest BCUT2D eigenvalue weighted by atomic mass is 16.5. The van der Waals surface area contributed by atoms with Crippen molar-refractivity contribution in [3.63, 3.8) is 0 Å². The van der Waals surface area contributed by atoms with Gasteiger partial charge in [-0.15, -0.1) is 0 Å². The first kappa shape index (κ1) is 13.5. The van der Waals surface area contributed by atoms with Crippen LogP contribution in [0.4, 0.5) is 0 Å². The van der Waals surface area contributed by atoms with E-state index in [4.69, 9.17) is 4.74 Å². The van der Waals surface area contributed by atoms with Gasteiger partial charge >= 0.3 is 0 Å². The summed E-state index contributed by atoms with van der Waals surface area (Å²) >= 11 is 0. The molecule has 1 saturated carbocycles. The van der Waals surface area contributed by atoms with Gasteiger partial charge < -0.3 is 15.4 Å². The fourth-order valence-electron chi connectivity index (χ4n) is 2.08. The number of carbonyl (C=O) groups excluding carboxylic acids is 1. The van der Waals surface area contributed by atoms with Crippen molar-refractivity contribution >= 4 is 5.91 Å². The molecule has 1 amide bonds. The third kappa shape index (κ3) is 5.47. The smallest absolute Gasteiger partial charge is 0.246 e. The number of likely N-dealkylation sites (N-methyl/N-ethyl adjacent to an activating group) is 1. The highest BCUT2D eigenvalue weighted by Gasteiger charge is 2.15. The fraction of sp³-hybridized carbons (Fsp3) is 0.917. The summed E-state index contributed by atoms with van der Waals surface area (Å²) in [6.07, 6.45) is 6.11. The van der Waals surface area contributed by atoms with Crippen LogP contribution < -0.4 is 10.6 Å². The molecule has 0 aromatic carbocycles. The van der Waals surface area contributed by atoms with Gasteiger partial charge in [-0.25, -0.2) is 0 Å². The molecule has 1 unspecified atom stereocenters. The first-order valence-electron chi connectivity index (χ1n) is 6.28. The third-order valence-corrected chi connectivity index (χ3v) is 2.96. The summed E-state index contributed by atoms with van der Waals surface area (Å²) in [6.45, 7) is 2.92. The largest absolute Gasteiger partial charge is 0.367 e. The van der Waals surface area contributed by atoms with Crippen LogP contribution >= 0.6 is 0 Å². The van der Waals surface area contributed by atoms with Crippen molar-refractivity contribution in [2.45, 2.75) is 51.2 Å². The van der Waals surface area contributed by atoms with Crippen LogP contribution in [0, 0.1) is 0 Å². The van der Waals surface area contributed by atoms with Crippen LogP contribution in [0.25, 0.3) is 0 Å². The van der Waals surface area contributed by atoms with Crippen LogP contribution in [0.3, 0.4) is 0 Å². The SMILES string of the molecule is CNCC(C)OCC(=O)NC1CCCCC1. The summed E-state index contributed by atoms with van der Waals surface area (Å²) in [5.74, 6) is 0.0230. The Morgan fingerprint density at radius 3 is 2.69 bits per heavy atom. The Balaban J connectivity index is 2.10. The maximum atomic E-state index is 11.6. The van der Waals surface area contributed by atoms with Crippen molar-refractivity contribution in [1.29, 1.82) is 0 Å².